The molecule has 3 aromatic carbocycles. The number of benzene rings is 3. The van der Waals surface area contributed by atoms with Crippen molar-refractivity contribution in [2.75, 3.05) is 16.5 Å². The molecule has 3 aromatic rings. The number of hydrogen-bond donors (Lipinski definition) is 1. The second-order valence-corrected chi connectivity index (χ2v) is 16.8. The van der Waals surface area contributed by atoms with Gasteiger partial charge in [-0.1, -0.05) is 65.3 Å². The molecule has 0 bridgehead atoms. The summed E-state index contributed by atoms with van der Waals surface area (Å²) >= 11 is 3.56. The number of ether oxygens (including phenoxy) is 1. The number of fused-ring (bicyclic) bond motifs is 2. The number of aliphatic hydroxyl groups is 1. The SMILES string of the molecule is C[C@H]1[C@H]([Si](C)(C)F)[C@@H](CCO)O[C@]12C(=O)N(Cc1cccc(N3N=C(c4ccccc4)CCC3=O)c1)c1ccc(Br)cc12. The Balaban J connectivity index is 1.35. The van der Waals surface area contributed by atoms with Crippen molar-refractivity contribution in [3.8, 4) is 0 Å². The third-order valence-electron chi connectivity index (χ3n) is 8.97. The molecule has 224 valence electrons. The molecule has 3 heterocycles. The Hall–Kier alpha value is -3.18. The van der Waals surface area contributed by atoms with E-state index < -0.39 is 31.6 Å². The number of rotatable bonds is 7. The molecule has 0 saturated carbocycles. The number of carbonyl (C=O) groups is 2. The molecule has 7 nitrogen and oxygen atoms in total. The van der Waals surface area contributed by atoms with Crippen molar-refractivity contribution in [3.63, 3.8) is 0 Å². The van der Waals surface area contributed by atoms with Crippen LogP contribution in [0.3, 0.4) is 0 Å². The molecule has 0 unspecified atom stereocenters. The monoisotopic (exact) mass is 663 g/mol. The maximum absolute atomic E-state index is 15.8. The lowest BCUT2D eigenvalue weighted by atomic mass is 9.82. The topological polar surface area (TPSA) is 82.4 Å². The van der Waals surface area contributed by atoms with Gasteiger partial charge in [-0.2, -0.15) is 5.10 Å². The fourth-order valence-corrected chi connectivity index (χ4v) is 10.0. The molecule has 0 aliphatic carbocycles. The normalized spacial score (nSPS) is 25.4. The minimum atomic E-state index is -3.27. The maximum Gasteiger partial charge on any atom is 0.264 e. The standard InChI is InChI=1S/C33H35BrFN3O4Si/c1-21-31(43(2,3)35)29(16-17-39)42-33(21)26-19-24(34)12-14-28(26)37(32(33)41)20-22-8-7-11-25(18-22)38-30(40)15-13-27(36-38)23-9-5-4-6-10-23/h4-12,14,18-19,21,29,31,39H,13,15-17,20H2,1-3H3/t21-,29+,31-,33+/m0/s1. The molecule has 6 rings (SSSR count). The quantitative estimate of drug-likeness (QED) is 0.226. The van der Waals surface area contributed by atoms with Crippen LogP contribution in [0.1, 0.15) is 42.9 Å². The molecule has 10 heteroatoms. The lowest BCUT2D eigenvalue weighted by Crippen LogP contribution is -2.45. The third kappa shape index (κ3) is 5.18. The Morgan fingerprint density at radius 3 is 2.56 bits per heavy atom. The average Bonchev–Trinajstić information content (AvgIpc) is 3.40. The first-order chi connectivity index (χ1) is 20.5. The molecule has 0 radical (unpaired) electrons. The lowest BCUT2D eigenvalue weighted by Gasteiger charge is -2.31. The molecule has 4 atom stereocenters. The zero-order valence-electron chi connectivity index (χ0n) is 24.5. The molecule has 2 amide bonds. The van der Waals surface area contributed by atoms with E-state index >= 15 is 4.11 Å². The largest absolute Gasteiger partial charge is 0.396 e. The van der Waals surface area contributed by atoms with E-state index in [4.69, 9.17) is 9.84 Å². The van der Waals surface area contributed by atoms with Gasteiger partial charge in [-0.15, -0.1) is 0 Å². The summed E-state index contributed by atoms with van der Waals surface area (Å²) in [4.78, 5) is 29.2. The molecule has 43 heavy (non-hydrogen) atoms. The fourth-order valence-electron chi connectivity index (χ4n) is 7.13. The number of hydrogen-bond acceptors (Lipinski definition) is 5. The molecule has 0 aromatic heterocycles. The van der Waals surface area contributed by atoms with Crippen LogP contribution in [0.25, 0.3) is 0 Å². The molecule has 3 aliphatic heterocycles. The van der Waals surface area contributed by atoms with E-state index in [2.05, 4.69) is 15.9 Å². The van der Waals surface area contributed by atoms with Crippen LogP contribution in [0.4, 0.5) is 15.5 Å². The highest BCUT2D eigenvalue weighted by molar-refractivity contribution is 9.10. The second kappa shape index (κ2) is 11.4. The third-order valence-corrected chi connectivity index (χ3v) is 11.9. The minimum absolute atomic E-state index is 0.0876. The first-order valence-corrected chi connectivity index (χ1v) is 18.4. The van der Waals surface area contributed by atoms with Gasteiger partial charge in [-0.25, -0.2) is 5.01 Å². The van der Waals surface area contributed by atoms with E-state index in [9.17, 15) is 14.7 Å². The Kier molecular flexibility index (Phi) is 7.91. The molecule has 1 spiro atoms. The molecule has 3 aliphatic rings. The number of aliphatic hydroxyl groups excluding tert-OH is 1. The van der Waals surface area contributed by atoms with Gasteiger partial charge in [0.15, 0.2) is 5.60 Å². The Morgan fingerprint density at radius 2 is 1.84 bits per heavy atom. The first-order valence-electron chi connectivity index (χ1n) is 14.7. The maximum atomic E-state index is 15.8. The molecule has 1 N–H and O–H groups in total. The highest BCUT2D eigenvalue weighted by Crippen LogP contribution is 2.60. The number of hydrazone groups is 1. The summed E-state index contributed by atoms with van der Waals surface area (Å²) < 4.78 is 23.2. The van der Waals surface area contributed by atoms with Gasteiger partial charge in [-0.3, -0.25) is 9.59 Å². The summed E-state index contributed by atoms with van der Waals surface area (Å²) in [5, 5.41) is 15.9. The minimum Gasteiger partial charge on any atom is -0.396 e. The lowest BCUT2D eigenvalue weighted by molar-refractivity contribution is -0.146. The predicted molar refractivity (Wildman–Crippen MR) is 171 cm³/mol. The zero-order chi connectivity index (χ0) is 30.5. The van der Waals surface area contributed by atoms with Gasteiger partial charge in [0, 0.05) is 40.9 Å². The number of halogens is 2. The van der Waals surface area contributed by atoms with Gasteiger partial charge in [-0.05, 0) is 61.0 Å². The number of nitrogens with zero attached hydrogens (tertiary/aromatic N) is 3. The van der Waals surface area contributed by atoms with Gasteiger partial charge in [0.1, 0.15) is 0 Å². The van der Waals surface area contributed by atoms with Crippen molar-refractivity contribution in [1.82, 2.24) is 0 Å². The summed E-state index contributed by atoms with van der Waals surface area (Å²) in [6, 6.07) is 23.0. The van der Waals surface area contributed by atoms with Crippen LogP contribution in [0, 0.1) is 5.92 Å². The molecule has 1 saturated heterocycles. The van der Waals surface area contributed by atoms with Gasteiger partial charge >= 0.3 is 0 Å². The Morgan fingerprint density at radius 1 is 1.07 bits per heavy atom. The van der Waals surface area contributed by atoms with E-state index in [1.165, 1.54) is 5.01 Å². The summed E-state index contributed by atoms with van der Waals surface area (Å²) in [5.41, 5.74) is 2.90. The van der Waals surface area contributed by atoms with Crippen molar-refractivity contribution >= 4 is 53.2 Å². The Bertz CT molecular complexity index is 1600. The van der Waals surface area contributed by atoms with Crippen LogP contribution in [0.2, 0.25) is 18.6 Å². The van der Waals surface area contributed by atoms with E-state index in [0.29, 0.717) is 29.8 Å². The van der Waals surface area contributed by atoms with Crippen molar-refractivity contribution in [1.29, 1.82) is 0 Å². The van der Waals surface area contributed by atoms with Crippen molar-refractivity contribution in [2.24, 2.45) is 11.0 Å². The number of amides is 2. The first kappa shape index (κ1) is 29.9. The van der Waals surface area contributed by atoms with Crippen LogP contribution >= 0.6 is 15.9 Å². The number of carbonyl (C=O) groups excluding carboxylic acids is 2. The summed E-state index contributed by atoms with van der Waals surface area (Å²) in [5.74, 6) is -0.750. The summed E-state index contributed by atoms with van der Waals surface area (Å²) in [7, 11) is -3.27. The molecular formula is C33H35BrFN3O4Si. The van der Waals surface area contributed by atoms with Gasteiger partial charge in [0.2, 0.25) is 14.3 Å². The van der Waals surface area contributed by atoms with Crippen LogP contribution in [0.15, 0.2) is 82.4 Å². The second-order valence-electron chi connectivity index (χ2n) is 12.1. The van der Waals surface area contributed by atoms with Gasteiger partial charge in [0.25, 0.3) is 5.91 Å². The summed E-state index contributed by atoms with van der Waals surface area (Å²) in [6.07, 6.45) is 0.635. The zero-order valence-corrected chi connectivity index (χ0v) is 27.1. The Labute approximate surface area is 260 Å². The predicted octanol–water partition coefficient (Wildman–Crippen LogP) is 6.68. The highest BCUT2D eigenvalue weighted by atomic mass is 79.9. The number of anilines is 2. The van der Waals surface area contributed by atoms with Crippen LogP contribution in [0.5, 0.6) is 0 Å². The van der Waals surface area contributed by atoms with Crippen LogP contribution in [-0.2, 0) is 26.5 Å². The average molecular weight is 665 g/mol. The van der Waals surface area contributed by atoms with Crippen molar-refractivity contribution in [2.45, 2.75) is 63.1 Å². The van der Waals surface area contributed by atoms with Crippen LogP contribution < -0.4 is 9.91 Å². The van der Waals surface area contributed by atoms with E-state index in [0.717, 1.165) is 21.3 Å². The van der Waals surface area contributed by atoms with Gasteiger partial charge < -0.3 is 18.9 Å². The van der Waals surface area contributed by atoms with E-state index in [1.807, 2.05) is 79.7 Å². The van der Waals surface area contributed by atoms with E-state index in [-0.39, 0.29) is 31.4 Å². The highest BCUT2D eigenvalue weighted by Gasteiger charge is 2.66. The smallest absolute Gasteiger partial charge is 0.264 e. The molecule has 1 fully saturated rings. The van der Waals surface area contributed by atoms with Crippen LogP contribution in [-0.4, -0.2) is 43.8 Å². The van der Waals surface area contributed by atoms with Gasteiger partial charge in [0.05, 0.1) is 29.7 Å². The van der Waals surface area contributed by atoms with Crippen molar-refractivity contribution in [3.05, 3.63) is 94.0 Å². The fraction of sp³-hybridized carbons (Fsp3) is 0.364. The summed E-state index contributed by atoms with van der Waals surface area (Å²) in [6.45, 7) is 5.31. The molecular weight excluding hydrogens is 629 g/mol. The van der Waals surface area contributed by atoms with Crippen molar-refractivity contribution < 1.29 is 23.5 Å². The van der Waals surface area contributed by atoms with E-state index in [1.54, 1.807) is 18.0 Å².